The summed E-state index contributed by atoms with van der Waals surface area (Å²) in [6.07, 6.45) is 4.82. The van der Waals surface area contributed by atoms with Crippen molar-refractivity contribution < 1.29 is 0 Å². The third kappa shape index (κ3) is 4.19. The standard InChI is InChI=1S/C6H7N3.C5H5NO/c7-6(8)5-1-3-9-4-2-5;7-5-3-1-2-4-6-5/h1-4H,(H3,7,8);1-4H,(H,6,7). The second-order valence-electron chi connectivity index (χ2n) is 2.88. The Labute approximate surface area is 92.5 Å². The van der Waals surface area contributed by atoms with E-state index in [2.05, 4.69) is 9.97 Å². The molecule has 0 unspecified atom stereocenters. The highest BCUT2D eigenvalue weighted by molar-refractivity contribution is 5.94. The monoisotopic (exact) mass is 216 g/mol. The Hall–Kier alpha value is -2.43. The summed E-state index contributed by atoms with van der Waals surface area (Å²) in [6.45, 7) is 0. The van der Waals surface area contributed by atoms with Crippen LogP contribution < -0.4 is 11.3 Å². The molecule has 2 aromatic rings. The lowest BCUT2D eigenvalue weighted by molar-refractivity contribution is 1.24. The molecule has 5 nitrogen and oxygen atoms in total. The van der Waals surface area contributed by atoms with Crippen LogP contribution in [0.4, 0.5) is 0 Å². The second-order valence-corrected chi connectivity index (χ2v) is 2.88. The van der Waals surface area contributed by atoms with E-state index in [9.17, 15) is 4.79 Å². The van der Waals surface area contributed by atoms with E-state index in [0.717, 1.165) is 0 Å². The van der Waals surface area contributed by atoms with E-state index in [1.54, 1.807) is 42.9 Å². The van der Waals surface area contributed by atoms with Crippen molar-refractivity contribution in [2.75, 3.05) is 0 Å². The molecule has 2 rings (SSSR count). The molecule has 5 heteroatoms. The van der Waals surface area contributed by atoms with Gasteiger partial charge in [0.25, 0.3) is 0 Å². The molecule has 2 heterocycles. The smallest absolute Gasteiger partial charge is 0.247 e. The summed E-state index contributed by atoms with van der Waals surface area (Å²) < 4.78 is 0. The quantitative estimate of drug-likeness (QED) is 0.484. The van der Waals surface area contributed by atoms with E-state index in [1.807, 2.05) is 0 Å². The highest BCUT2D eigenvalue weighted by Crippen LogP contribution is 1.91. The molecule has 0 aliphatic rings. The average Bonchev–Trinajstić information content (AvgIpc) is 2.32. The van der Waals surface area contributed by atoms with Gasteiger partial charge in [0, 0.05) is 30.2 Å². The van der Waals surface area contributed by atoms with Crippen LogP contribution in [0.5, 0.6) is 0 Å². The molecule has 0 atom stereocenters. The number of nitrogens with one attached hydrogen (secondary N) is 2. The van der Waals surface area contributed by atoms with Gasteiger partial charge in [0.15, 0.2) is 0 Å². The predicted molar refractivity (Wildman–Crippen MR) is 62.3 cm³/mol. The van der Waals surface area contributed by atoms with Gasteiger partial charge in [-0.1, -0.05) is 6.07 Å². The molecule has 0 saturated carbocycles. The summed E-state index contributed by atoms with van der Waals surface area (Å²) in [5, 5.41) is 6.99. The van der Waals surface area contributed by atoms with Gasteiger partial charge in [-0.3, -0.25) is 15.2 Å². The second kappa shape index (κ2) is 6.13. The zero-order valence-electron chi connectivity index (χ0n) is 8.55. The van der Waals surface area contributed by atoms with Gasteiger partial charge in [0.05, 0.1) is 0 Å². The van der Waals surface area contributed by atoms with Crippen LogP contribution in [0.15, 0.2) is 53.7 Å². The lowest BCUT2D eigenvalue weighted by Crippen LogP contribution is -2.10. The van der Waals surface area contributed by atoms with Crippen molar-refractivity contribution >= 4 is 5.84 Å². The van der Waals surface area contributed by atoms with Crippen molar-refractivity contribution in [3.63, 3.8) is 0 Å². The maximum Gasteiger partial charge on any atom is 0.247 e. The Morgan fingerprint density at radius 3 is 2.25 bits per heavy atom. The molecule has 0 aliphatic carbocycles. The molecule has 0 fully saturated rings. The highest BCUT2D eigenvalue weighted by atomic mass is 16.1. The van der Waals surface area contributed by atoms with Crippen molar-refractivity contribution in [2.24, 2.45) is 5.73 Å². The van der Waals surface area contributed by atoms with Crippen LogP contribution in [0.2, 0.25) is 0 Å². The summed E-state index contributed by atoms with van der Waals surface area (Å²) in [5.41, 5.74) is 5.83. The fourth-order valence-electron chi connectivity index (χ4n) is 0.908. The first-order valence-electron chi connectivity index (χ1n) is 4.58. The van der Waals surface area contributed by atoms with E-state index < -0.39 is 0 Å². The number of hydrogen-bond donors (Lipinski definition) is 3. The Kier molecular flexibility index (Phi) is 4.46. The molecule has 2 aromatic heterocycles. The fraction of sp³-hybridized carbons (Fsp3) is 0. The number of H-pyrrole nitrogens is 1. The SMILES string of the molecule is N=C(N)c1ccncc1.O=c1cccc[nH]1. The molecule has 0 amide bonds. The van der Waals surface area contributed by atoms with Gasteiger partial charge in [-0.05, 0) is 18.2 Å². The molecule has 4 N–H and O–H groups in total. The minimum Gasteiger partial charge on any atom is -0.384 e. The number of nitrogen functional groups attached to an aromatic ring is 1. The lowest BCUT2D eigenvalue weighted by Gasteiger charge is -1.92. The maximum atomic E-state index is 10.2. The van der Waals surface area contributed by atoms with Gasteiger partial charge < -0.3 is 10.7 Å². The first-order valence-corrected chi connectivity index (χ1v) is 4.58. The molecule has 0 spiro atoms. The van der Waals surface area contributed by atoms with Crippen molar-refractivity contribution in [2.45, 2.75) is 0 Å². The van der Waals surface area contributed by atoms with Gasteiger partial charge >= 0.3 is 0 Å². The number of nitrogens with zero attached hydrogens (tertiary/aromatic N) is 1. The van der Waals surface area contributed by atoms with Gasteiger partial charge in [-0.15, -0.1) is 0 Å². The first kappa shape index (κ1) is 11.6. The number of aromatic amines is 1. The number of aromatic nitrogens is 2. The van der Waals surface area contributed by atoms with Crippen LogP contribution >= 0.6 is 0 Å². The number of amidine groups is 1. The zero-order chi connectivity index (χ0) is 11.8. The van der Waals surface area contributed by atoms with E-state index in [1.165, 1.54) is 6.07 Å². The Morgan fingerprint density at radius 1 is 1.25 bits per heavy atom. The van der Waals surface area contributed by atoms with Crippen LogP contribution in [0.1, 0.15) is 5.56 Å². The van der Waals surface area contributed by atoms with E-state index in [0.29, 0.717) is 5.56 Å². The number of pyridine rings is 2. The van der Waals surface area contributed by atoms with Gasteiger partial charge in [0.1, 0.15) is 5.84 Å². The normalized spacial score (nSPS) is 8.75. The minimum atomic E-state index is -0.0532. The van der Waals surface area contributed by atoms with E-state index in [-0.39, 0.29) is 11.4 Å². The molecule has 0 radical (unpaired) electrons. The fourth-order valence-corrected chi connectivity index (χ4v) is 0.908. The largest absolute Gasteiger partial charge is 0.384 e. The van der Waals surface area contributed by atoms with Crippen molar-refractivity contribution in [1.29, 1.82) is 5.41 Å². The minimum absolute atomic E-state index is 0.0532. The molecule has 16 heavy (non-hydrogen) atoms. The maximum absolute atomic E-state index is 10.2. The summed E-state index contributed by atoms with van der Waals surface area (Å²) in [7, 11) is 0. The van der Waals surface area contributed by atoms with Crippen molar-refractivity contribution in [3.8, 4) is 0 Å². The molecule has 0 bridgehead atoms. The van der Waals surface area contributed by atoms with Crippen LogP contribution in [0, 0.1) is 5.41 Å². The number of rotatable bonds is 1. The van der Waals surface area contributed by atoms with Crippen LogP contribution in [-0.2, 0) is 0 Å². The molecule has 0 aromatic carbocycles. The lowest BCUT2D eigenvalue weighted by atomic mass is 10.2. The summed E-state index contributed by atoms with van der Waals surface area (Å²) in [4.78, 5) is 16.5. The molecule has 0 aliphatic heterocycles. The molecule has 0 saturated heterocycles. The molecular weight excluding hydrogens is 204 g/mol. The topological polar surface area (TPSA) is 95.6 Å². The van der Waals surface area contributed by atoms with E-state index in [4.69, 9.17) is 11.1 Å². The Bertz CT molecular complexity index is 475. The predicted octanol–water partition coefficient (Wildman–Crippen LogP) is 0.741. The number of hydrogen-bond acceptors (Lipinski definition) is 3. The van der Waals surface area contributed by atoms with Crippen molar-refractivity contribution in [3.05, 3.63) is 64.8 Å². The first-order chi connectivity index (χ1) is 7.70. The highest BCUT2D eigenvalue weighted by Gasteiger charge is 1.89. The van der Waals surface area contributed by atoms with Gasteiger partial charge in [-0.2, -0.15) is 0 Å². The van der Waals surface area contributed by atoms with E-state index >= 15 is 0 Å². The van der Waals surface area contributed by atoms with Gasteiger partial charge in [0.2, 0.25) is 5.56 Å². The summed E-state index contributed by atoms with van der Waals surface area (Å²) in [6, 6.07) is 8.32. The Morgan fingerprint density at radius 2 is 1.94 bits per heavy atom. The third-order valence-electron chi connectivity index (χ3n) is 1.67. The average molecular weight is 216 g/mol. The summed E-state index contributed by atoms with van der Waals surface area (Å²) in [5.74, 6) is 0.0809. The van der Waals surface area contributed by atoms with Gasteiger partial charge in [-0.25, -0.2) is 0 Å². The zero-order valence-corrected chi connectivity index (χ0v) is 8.55. The van der Waals surface area contributed by atoms with Crippen LogP contribution in [0.25, 0.3) is 0 Å². The third-order valence-corrected chi connectivity index (χ3v) is 1.67. The van der Waals surface area contributed by atoms with Crippen molar-refractivity contribution in [1.82, 2.24) is 9.97 Å². The summed E-state index contributed by atoms with van der Waals surface area (Å²) >= 11 is 0. The van der Waals surface area contributed by atoms with Crippen LogP contribution in [-0.4, -0.2) is 15.8 Å². The van der Waals surface area contributed by atoms with Crippen LogP contribution in [0.3, 0.4) is 0 Å². The Balaban J connectivity index is 0.000000165. The number of nitrogens with two attached hydrogens (primary N) is 1. The molecule has 82 valence electrons. The molecular formula is C11H12N4O.